The van der Waals surface area contributed by atoms with Crippen molar-refractivity contribution in [3.05, 3.63) is 65.5 Å². The molecule has 0 bridgehead atoms. The average Bonchev–Trinajstić information content (AvgIpc) is 2.76. The van der Waals surface area contributed by atoms with Gasteiger partial charge in [-0.1, -0.05) is 26.0 Å². The van der Waals surface area contributed by atoms with Gasteiger partial charge in [-0.3, -0.25) is 9.59 Å². The van der Waals surface area contributed by atoms with Gasteiger partial charge in [0.15, 0.2) is 6.61 Å². The van der Waals surface area contributed by atoms with E-state index < -0.39 is 29.6 Å². The molecule has 1 atom stereocenters. The maximum Gasteiger partial charge on any atom is 0.343 e. The summed E-state index contributed by atoms with van der Waals surface area (Å²) in [4.78, 5) is 35.8. The molecule has 0 aliphatic heterocycles. The largest absolute Gasteiger partial charge is 0.482 e. The van der Waals surface area contributed by atoms with Crippen molar-refractivity contribution in [3.8, 4) is 5.75 Å². The normalized spacial score (nSPS) is 11.8. The number of halogens is 1. The van der Waals surface area contributed by atoms with Crippen LogP contribution in [0, 0.1) is 11.7 Å². The highest BCUT2D eigenvalue weighted by molar-refractivity contribution is 5.98. The van der Waals surface area contributed by atoms with Gasteiger partial charge in [-0.25, -0.2) is 14.6 Å². The summed E-state index contributed by atoms with van der Waals surface area (Å²) < 4.78 is 23.5. The number of carbonyl (C=O) groups is 3. The molecule has 0 aliphatic carbocycles. The van der Waals surface area contributed by atoms with E-state index >= 15 is 0 Å². The Morgan fingerprint density at radius 2 is 1.77 bits per heavy atom. The van der Waals surface area contributed by atoms with Gasteiger partial charge >= 0.3 is 5.97 Å². The number of methoxy groups -OCH3 is 1. The lowest BCUT2D eigenvalue weighted by molar-refractivity contribution is -0.142. The summed E-state index contributed by atoms with van der Waals surface area (Å²) in [5.74, 6) is -2.15. The Balaban J connectivity index is 1.94. The molecule has 2 N–H and O–H groups in total. The first-order valence-electron chi connectivity index (χ1n) is 9.49. The number of amides is 2. The molecule has 0 saturated heterocycles. The summed E-state index contributed by atoms with van der Waals surface area (Å²) in [5.41, 5.74) is 2.90. The number of rotatable bonds is 9. The first-order valence-corrected chi connectivity index (χ1v) is 9.49. The van der Waals surface area contributed by atoms with Crippen LogP contribution in [0.2, 0.25) is 0 Å². The van der Waals surface area contributed by atoms with Gasteiger partial charge < -0.3 is 14.8 Å². The molecule has 0 saturated carbocycles. The van der Waals surface area contributed by atoms with E-state index in [0.717, 1.165) is 0 Å². The van der Waals surface area contributed by atoms with Crippen molar-refractivity contribution >= 4 is 24.0 Å². The number of carbonyl (C=O) groups excluding carboxylic acids is 3. The third-order valence-electron chi connectivity index (χ3n) is 4.21. The van der Waals surface area contributed by atoms with Crippen molar-refractivity contribution in [2.75, 3.05) is 13.7 Å². The van der Waals surface area contributed by atoms with Crippen molar-refractivity contribution in [2.45, 2.75) is 19.9 Å². The molecule has 0 fully saturated rings. The lowest BCUT2D eigenvalue weighted by atomic mass is 10.0. The van der Waals surface area contributed by atoms with E-state index in [2.05, 4.69) is 20.6 Å². The Labute approximate surface area is 179 Å². The first-order chi connectivity index (χ1) is 14.8. The summed E-state index contributed by atoms with van der Waals surface area (Å²) in [7, 11) is 1.27. The van der Waals surface area contributed by atoms with Crippen molar-refractivity contribution in [1.82, 2.24) is 10.7 Å². The molecule has 2 amide bonds. The van der Waals surface area contributed by atoms with Gasteiger partial charge in [0.1, 0.15) is 17.6 Å². The second kappa shape index (κ2) is 11.4. The number of hydrogen-bond acceptors (Lipinski definition) is 6. The van der Waals surface area contributed by atoms with Crippen LogP contribution in [0.3, 0.4) is 0 Å². The molecule has 2 rings (SSSR count). The van der Waals surface area contributed by atoms with E-state index in [-0.39, 0.29) is 18.1 Å². The SMILES string of the molecule is COC(=O)COc1ccc(C=NNC(=O)C(NC(=O)c2ccccc2F)C(C)C)cc1. The summed E-state index contributed by atoms with van der Waals surface area (Å²) in [5, 5.41) is 6.43. The fourth-order valence-electron chi connectivity index (χ4n) is 2.49. The van der Waals surface area contributed by atoms with Gasteiger partial charge in [0.2, 0.25) is 0 Å². The Morgan fingerprint density at radius 1 is 1.10 bits per heavy atom. The number of nitrogens with one attached hydrogen (secondary N) is 2. The molecule has 0 spiro atoms. The van der Waals surface area contributed by atoms with Gasteiger partial charge in [0.05, 0.1) is 18.9 Å². The van der Waals surface area contributed by atoms with Crippen LogP contribution < -0.4 is 15.5 Å². The molecule has 164 valence electrons. The van der Waals surface area contributed by atoms with Gasteiger partial charge in [0, 0.05) is 0 Å². The molecule has 2 aromatic rings. The smallest absolute Gasteiger partial charge is 0.343 e. The quantitative estimate of drug-likeness (QED) is 0.361. The number of ether oxygens (including phenoxy) is 2. The molecule has 0 radical (unpaired) electrons. The highest BCUT2D eigenvalue weighted by Crippen LogP contribution is 2.11. The minimum Gasteiger partial charge on any atom is -0.482 e. The highest BCUT2D eigenvalue weighted by Gasteiger charge is 2.25. The van der Waals surface area contributed by atoms with E-state index in [9.17, 15) is 18.8 Å². The minimum atomic E-state index is -0.904. The molecule has 31 heavy (non-hydrogen) atoms. The van der Waals surface area contributed by atoms with Crippen molar-refractivity contribution in [3.63, 3.8) is 0 Å². The molecule has 0 aromatic heterocycles. The fraction of sp³-hybridized carbons (Fsp3) is 0.273. The average molecular weight is 429 g/mol. The summed E-state index contributed by atoms with van der Waals surface area (Å²) >= 11 is 0. The molecule has 8 nitrogen and oxygen atoms in total. The van der Waals surface area contributed by atoms with Crippen molar-refractivity contribution in [1.29, 1.82) is 0 Å². The monoisotopic (exact) mass is 429 g/mol. The van der Waals surface area contributed by atoms with Crippen LogP contribution in [-0.2, 0) is 14.3 Å². The zero-order valence-electron chi connectivity index (χ0n) is 17.4. The van der Waals surface area contributed by atoms with Crippen LogP contribution in [0.25, 0.3) is 0 Å². The third-order valence-corrected chi connectivity index (χ3v) is 4.21. The molecular weight excluding hydrogens is 405 g/mol. The van der Waals surface area contributed by atoms with Crippen LogP contribution in [0.15, 0.2) is 53.6 Å². The van der Waals surface area contributed by atoms with Gasteiger partial charge in [-0.05, 0) is 47.9 Å². The number of benzene rings is 2. The van der Waals surface area contributed by atoms with Gasteiger partial charge in [-0.2, -0.15) is 5.10 Å². The molecule has 9 heteroatoms. The topological polar surface area (TPSA) is 106 Å². The number of nitrogens with zero attached hydrogens (tertiary/aromatic N) is 1. The zero-order chi connectivity index (χ0) is 22.8. The lowest BCUT2D eigenvalue weighted by Crippen LogP contribution is -2.48. The number of esters is 1. The molecule has 0 aliphatic rings. The van der Waals surface area contributed by atoms with Gasteiger partial charge in [0.25, 0.3) is 11.8 Å². The third kappa shape index (κ3) is 7.22. The fourth-order valence-corrected chi connectivity index (χ4v) is 2.49. The van der Waals surface area contributed by atoms with E-state index in [1.54, 1.807) is 44.2 Å². The first kappa shape index (κ1) is 23.5. The van der Waals surface area contributed by atoms with Gasteiger partial charge in [-0.15, -0.1) is 0 Å². The Bertz CT molecular complexity index is 944. The molecular formula is C22H24FN3O5. The van der Waals surface area contributed by atoms with Crippen LogP contribution >= 0.6 is 0 Å². The standard InChI is InChI=1S/C22H24FN3O5/c1-14(2)20(25-21(28)17-6-4-5-7-18(17)23)22(29)26-24-12-15-8-10-16(11-9-15)31-13-19(27)30-3/h4-12,14,20H,13H2,1-3H3,(H,25,28)(H,26,29). The highest BCUT2D eigenvalue weighted by atomic mass is 19.1. The van der Waals surface area contributed by atoms with E-state index in [1.807, 2.05) is 0 Å². The van der Waals surface area contributed by atoms with E-state index in [1.165, 1.54) is 31.5 Å². The summed E-state index contributed by atoms with van der Waals surface area (Å²) in [6, 6.07) is 11.3. The van der Waals surface area contributed by atoms with Crippen LogP contribution in [0.1, 0.15) is 29.8 Å². The lowest BCUT2D eigenvalue weighted by Gasteiger charge is -2.20. The van der Waals surface area contributed by atoms with E-state index in [0.29, 0.717) is 11.3 Å². The Kier molecular flexibility index (Phi) is 8.68. The van der Waals surface area contributed by atoms with Crippen molar-refractivity contribution in [2.24, 2.45) is 11.0 Å². The maximum absolute atomic E-state index is 13.8. The van der Waals surface area contributed by atoms with Crippen LogP contribution in [0.5, 0.6) is 5.75 Å². The van der Waals surface area contributed by atoms with Crippen molar-refractivity contribution < 1.29 is 28.2 Å². The number of hydrazone groups is 1. The molecule has 2 aromatic carbocycles. The predicted molar refractivity (Wildman–Crippen MR) is 112 cm³/mol. The summed E-state index contributed by atoms with van der Waals surface area (Å²) in [6.45, 7) is 3.31. The Hall–Kier alpha value is -3.75. The molecule has 1 unspecified atom stereocenters. The summed E-state index contributed by atoms with van der Waals surface area (Å²) in [6.07, 6.45) is 1.41. The Morgan fingerprint density at radius 3 is 2.39 bits per heavy atom. The molecule has 0 heterocycles. The second-order valence-electron chi connectivity index (χ2n) is 6.84. The maximum atomic E-state index is 13.8. The van der Waals surface area contributed by atoms with Crippen LogP contribution in [0.4, 0.5) is 4.39 Å². The zero-order valence-corrected chi connectivity index (χ0v) is 17.4. The number of hydrogen-bond donors (Lipinski definition) is 2. The predicted octanol–water partition coefficient (Wildman–Crippen LogP) is 2.28. The second-order valence-corrected chi connectivity index (χ2v) is 6.84. The van der Waals surface area contributed by atoms with Crippen LogP contribution in [-0.4, -0.2) is 43.8 Å². The minimum absolute atomic E-state index is 0.140. The van der Waals surface area contributed by atoms with E-state index in [4.69, 9.17) is 4.74 Å².